The van der Waals surface area contributed by atoms with Gasteiger partial charge in [-0.25, -0.2) is 4.79 Å². The van der Waals surface area contributed by atoms with E-state index in [2.05, 4.69) is 15.4 Å². The number of hydrogen-bond acceptors (Lipinski definition) is 5. The highest BCUT2D eigenvalue weighted by atomic mass is 16.5. The number of ether oxygens (including phenoxy) is 1. The molecule has 0 spiro atoms. The number of piperidine rings is 1. The van der Waals surface area contributed by atoms with Crippen molar-refractivity contribution in [1.29, 1.82) is 0 Å². The van der Waals surface area contributed by atoms with E-state index in [0.29, 0.717) is 6.42 Å². The van der Waals surface area contributed by atoms with Gasteiger partial charge in [0.1, 0.15) is 6.04 Å². The molecule has 0 aliphatic carbocycles. The molecule has 1 aliphatic rings. The first-order valence-electron chi connectivity index (χ1n) is 6.38. The standard InChI is InChI=1S/C12H20N2O5/c1-19-10(15)6-5-9(12(17)18)14-11(16)8-4-2-3-7-13-8/h8-9,13H,2-7H2,1H3,(H,14,16)(H,17,18)/t8-,9-/m0/s1. The predicted molar refractivity (Wildman–Crippen MR) is 66.5 cm³/mol. The van der Waals surface area contributed by atoms with Gasteiger partial charge in [-0.05, 0) is 25.8 Å². The van der Waals surface area contributed by atoms with Crippen molar-refractivity contribution in [2.75, 3.05) is 13.7 Å². The highest BCUT2D eigenvalue weighted by molar-refractivity contribution is 5.87. The summed E-state index contributed by atoms with van der Waals surface area (Å²) in [5.74, 6) is -1.96. The van der Waals surface area contributed by atoms with Crippen molar-refractivity contribution in [3.05, 3.63) is 0 Å². The predicted octanol–water partition coefficient (Wildman–Crippen LogP) is -0.349. The molecule has 108 valence electrons. The SMILES string of the molecule is COC(=O)CC[C@H](NC(=O)[C@@H]1CCCCN1)C(=O)O. The van der Waals surface area contributed by atoms with Gasteiger partial charge < -0.3 is 20.5 Å². The van der Waals surface area contributed by atoms with Crippen LogP contribution in [0.2, 0.25) is 0 Å². The van der Waals surface area contributed by atoms with E-state index < -0.39 is 18.0 Å². The number of carboxylic acids is 1. The van der Waals surface area contributed by atoms with Gasteiger partial charge in [0, 0.05) is 6.42 Å². The lowest BCUT2D eigenvalue weighted by atomic mass is 10.0. The molecule has 7 nitrogen and oxygen atoms in total. The minimum atomic E-state index is -1.15. The van der Waals surface area contributed by atoms with Crippen molar-refractivity contribution in [3.63, 3.8) is 0 Å². The molecule has 1 heterocycles. The van der Waals surface area contributed by atoms with Crippen LogP contribution in [0.1, 0.15) is 32.1 Å². The van der Waals surface area contributed by atoms with Crippen LogP contribution in [0.3, 0.4) is 0 Å². The molecule has 3 N–H and O–H groups in total. The number of carboxylic acid groups (broad SMARTS) is 1. The number of carbonyl (C=O) groups excluding carboxylic acids is 2. The van der Waals surface area contributed by atoms with E-state index in [9.17, 15) is 14.4 Å². The molecule has 0 aromatic carbocycles. The first-order chi connectivity index (χ1) is 9.04. The highest BCUT2D eigenvalue weighted by Gasteiger charge is 2.26. The third-order valence-electron chi connectivity index (χ3n) is 3.11. The normalized spacial score (nSPS) is 20.4. The summed E-state index contributed by atoms with van der Waals surface area (Å²) in [6.45, 7) is 0.762. The van der Waals surface area contributed by atoms with E-state index in [4.69, 9.17) is 5.11 Å². The lowest BCUT2D eigenvalue weighted by Gasteiger charge is -2.24. The Labute approximate surface area is 111 Å². The Balaban J connectivity index is 2.45. The van der Waals surface area contributed by atoms with Crippen molar-refractivity contribution in [3.8, 4) is 0 Å². The fraction of sp³-hybridized carbons (Fsp3) is 0.750. The van der Waals surface area contributed by atoms with Crippen molar-refractivity contribution >= 4 is 17.8 Å². The van der Waals surface area contributed by atoms with Gasteiger partial charge >= 0.3 is 11.9 Å². The first kappa shape index (κ1) is 15.4. The molecule has 0 unspecified atom stereocenters. The maximum atomic E-state index is 11.9. The number of hydrogen-bond donors (Lipinski definition) is 3. The van der Waals surface area contributed by atoms with Gasteiger partial charge in [-0.3, -0.25) is 9.59 Å². The van der Waals surface area contributed by atoms with Crippen LogP contribution in [0, 0.1) is 0 Å². The molecule has 0 radical (unpaired) electrons. The number of methoxy groups -OCH3 is 1. The molecule has 0 bridgehead atoms. The number of aliphatic carboxylic acids is 1. The summed E-state index contributed by atoms with van der Waals surface area (Å²) in [4.78, 5) is 33.9. The van der Waals surface area contributed by atoms with Crippen LogP contribution in [0.4, 0.5) is 0 Å². The summed E-state index contributed by atoms with van der Waals surface area (Å²) in [5, 5.41) is 14.5. The number of nitrogens with one attached hydrogen (secondary N) is 2. The van der Waals surface area contributed by atoms with Gasteiger partial charge in [0.05, 0.1) is 13.2 Å². The molecule has 1 saturated heterocycles. The molecule has 0 aromatic heterocycles. The summed E-state index contributed by atoms with van der Waals surface area (Å²) in [6.07, 6.45) is 2.67. The number of rotatable bonds is 6. The van der Waals surface area contributed by atoms with Gasteiger partial charge in [-0.1, -0.05) is 6.42 Å². The Morgan fingerprint density at radius 2 is 2.16 bits per heavy atom. The third-order valence-corrected chi connectivity index (χ3v) is 3.11. The Kier molecular flexibility index (Phi) is 6.27. The quantitative estimate of drug-likeness (QED) is 0.571. The molecule has 1 fully saturated rings. The van der Waals surface area contributed by atoms with Crippen LogP contribution in [0.5, 0.6) is 0 Å². The zero-order chi connectivity index (χ0) is 14.3. The van der Waals surface area contributed by atoms with Crippen LogP contribution in [0.25, 0.3) is 0 Å². The summed E-state index contributed by atoms with van der Waals surface area (Å²) in [6, 6.07) is -1.40. The molecule has 1 aliphatic heterocycles. The Morgan fingerprint density at radius 1 is 1.42 bits per heavy atom. The minimum Gasteiger partial charge on any atom is -0.480 e. The summed E-state index contributed by atoms with van der Waals surface area (Å²) < 4.78 is 4.44. The number of esters is 1. The lowest BCUT2D eigenvalue weighted by molar-refractivity contribution is -0.144. The van der Waals surface area contributed by atoms with Crippen molar-refractivity contribution in [2.24, 2.45) is 0 Å². The summed E-state index contributed by atoms with van der Waals surface area (Å²) >= 11 is 0. The van der Waals surface area contributed by atoms with E-state index in [1.807, 2.05) is 0 Å². The maximum absolute atomic E-state index is 11.9. The molecule has 19 heavy (non-hydrogen) atoms. The summed E-state index contributed by atoms with van der Waals surface area (Å²) in [5.41, 5.74) is 0. The van der Waals surface area contributed by atoms with E-state index >= 15 is 0 Å². The third kappa shape index (κ3) is 5.25. The molecule has 0 aromatic rings. The fourth-order valence-electron chi connectivity index (χ4n) is 1.97. The Morgan fingerprint density at radius 3 is 2.68 bits per heavy atom. The molecule has 1 rings (SSSR count). The van der Waals surface area contributed by atoms with Gasteiger partial charge in [0.15, 0.2) is 0 Å². The second-order valence-electron chi connectivity index (χ2n) is 4.52. The molecule has 2 atom stereocenters. The average Bonchev–Trinajstić information content (AvgIpc) is 2.43. The zero-order valence-electron chi connectivity index (χ0n) is 11.0. The largest absolute Gasteiger partial charge is 0.480 e. The molecular weight excluding hydrogens is 252 g/mol. The zero-order valence-corrected chi connectivity index (χ0v) is 11.0. The number of carbonyl (C=O) groups is 3. The monoisotopic (exact) mass is 272 g/mol. The van der Waals surface area contributed by atoms with Gasteiger partial charge in [-0.2, -0.15) is 0 Å². The second-order valence-corrected chi connectivity index (χ2v) is 4.52. The molecule has 0 saturated carbocycles. The van der Waals surface area contributed by atoms with Crippen LogP contribution < -0.4 is 10.6 Å². The molecular formula is C12H20N2O5. The fourth-order valence-corrected chi connectivity index (χ4v) is 1.97. The smallest absolute Gasteiger partial charge is 0.326 e. The lowest BCUT2D eigenvalue weighted by Crippen LogP contribution is -2.51. The van der Waals surface area contributed by atoms with Crippen molar-refractivity contribution < 1.29 is 24.2 Å². The van der Waals surface area contributed by atoms with E-state index in [1.165, 1.54) is 7.11 Å². The highest BCUT2D eigenvalue weighted by Crippen LogP contribution is 2.08. The molecule has 7 heteroatoms. The minimum absolute atomic E-state index is 0.0282. The van der Waals surface area contributed by atoms with Crippen LogP contribution in [-0.4, -0.2) is 48.7 Å². The topological polar surface area (TPSA) is 105 Å². The molecule has 1 amide bonds. The Bertz CT molecular complexity index is 339. The first-order valence-corrected chi connectivity index (χ1v) is 6.38. The van der Waals surface area contributed by atoms with Crippen LogP contribution >= 0.6 is 0 Å². The Hall–Kier alpha value is -1.63. The van der Waals surface area contributed by atoms with E-state index in [-0.39, 0.29) is 24.8 Å². The van der Waals surface area contributed by atoms with E-state index in [0.717, 1.165) is 19.4 Å². The average molecular weight is 272 g/mol. The van der Waals surface area contributed by atoms with Crippen molar-refractivity contribution in [1.82, 2.24) is 10.6 Å². The second kappa shape index (κ2) is 7.73. The van der Waals surface area contributed by atoms with Gasteiger partial charge in [0.2, 0.25) is 5.91 Å². The van der Waals surface area contributed by atoms with E-state index in [1.54, 1.807) is 0 Å². The summed E-state index contributed by atoms with van der Waals surface area (Å²) in [7, 11) is 1.24. The van der Waals surface area contributed by atoms with Crippen LogP contribution in [0.15, 0.2) is 0 Å². The maximum Gasteiger partial charge on any atom is 0.326 e. The number of amides is 1. The van der Waals surface area contributed by atoms with Gasteiger partial charge in [-0.15, -0.1) is 0 Å². The van der Waals surface area contributed by atoms with Crippen LogP contribution in [-0.2, 0) is 19.1 Å². The van der Waals surface area contributed by atoms with Crippen molar-refractivity contribution in [2.45, 2.75) is 44.2 Å². The van der Waals surface area contributed by atoms with Gasteiger partial charge in [0.25, 0.3) is 0 Å².